The van der Waals surface area contributed by atoms with Gasteiger partial charge in [0.2, 0.25) is 10.0 Å². The molecule has 1 aliphatic heterocycles. The summed E-state index contributed by atoms with van der Waals surface area (Å²) in [4.78, 5) is 1.55. The molecular formula is C18H19NO2S2. The second-order valence-electron chi connectivity index (χ2n) is 6.86. The highest BCUT2D eigenvalue weighted by Gasteiger charge is 2.71. The normalized spacial score (nSPS) is 30.1. The Morgan fingerprint density at radius 3 is 2.57 bits per heavy atom. The molecule has 120 valence electrons. The zero-order valence-corrected chi connectivity index (χ0v) is 14.7. The van der Waals surface area contributed by atoms with Crippen LogP contribution in [0.4, 0.5) is 0 Å². The number of nitrogens with zero attached hydrogens (tertiary/aromatic N) is 1. The van der Waals surface area contributed by atoms with Crippen molar-refractivity contribution in [3.05, 3.63) is 59.3 Å². The molecule has 0 bridgehead atoms. The van der Waals surface area contributed by atoms with Crippen molar-refractivity contribution in [1.29, 1.82) is 0 Å². The van der Waals surface area contributed by atoms with Crippen molar-refractivity contribution in [2.24, 2.45) is 10.8 Å². The van der Waals surface area contributed by atoms with Gasteiger partial charge in [-0.05, 0) is 41.0 Å². The van der Waals surface area contributed by atoms with Gasteiger partial charge in [-0.2, -0.15) is 4.31 Å². The molecule has 0 amide bonds. The van der Waals surface area contributed by atoms with Crippen molar-refractivity contribution in [2.75, 3.05) is 13.1 Å². The Balaban J connectivity index is 1.66. The summed E-state index contributed by atoms with van der Waals surface area (Å²) < 4.78 is 27.4. The number of fused-ring (bicyclic) bond motifs is 1. The van der Waals surface area contributed by atoms with Crippen LogP contribution in [0.25, 0.3) is 5.57 Å². The predicted octanol–water partition coefficient (Wildman–Crippen LogP) is 3.86. The molecule has 1 aromatic heterocycles. The van der Waals surface area contributed by atoms with Gasteiger partial charge in [0.25, 0.3) is 0 Å². The molecule has 1 aliphatic carbocycles. The topological polar surface area (TPSA) is 37.4 Å². The molecule has 2 aromatic rings. The fourth-order valence-corrected chi connectivity index (χ4v) is 6.43. The Labute approximate surface area is 141 Å². The van der Waals surface area contributed by atoms with Gasteiger partial charge in [-0.3, -0.25) is 0 Å². The highest BCUT2D eigenvalue weighted by Crippen LogP contribution is 2.73. The molecule has 0 radical (unpaired) electrons. The maximum atomic E-state index is 12.9. The van der Waals surface area contributed by atoms with E-state index in [1.165, 1.54) is 4.88 Å². The molecule has 0 N–H and O–H groups in total. The molecule has 4 rings (SSSR count). The van der Waals surface area contributed by atoms with Gasteiger partial charge in [0.15, 0.2) is 0 Å². The summed E-state index contributed by atoms with van der Waals surface area (Å²) >= 11 is 1.68. The maximum Gasteiger partial charge on any atom is 0.243 e. The van der Waals surface area contributed by atoms with E-state index in [-0.39, 0.29) is 10.8 Å². The van der Waals surface area contributed by atoms with Crippen molar-refractivity contribution in [3.63, 3.8) is 0 Å². The summed E-state index contributed by atoms with van der Waals surface area (Å²) in [6.45, 7) is 7.62. The Morgan fingerprint density at radius 2 is 1.91 bits per heavy atom. The molecule has 2 atom stereocenters. The van der Waals surface area contributed by atoms with E-state index in [9.17, 15) is 8.42 Å². The minimum Gasteiger partial charge on any atom is -0.207 e. The van der Waals surface area contributed by atoms with Crippen LogP contribution in [0.1, 0.15) is 18.2 Å². The lowest BCUT2D eigenvalue weighted by molar-refractivity contribution is 0.412. The SMILES string of the molecule is C=C(c1cccs1)[C@]12CN(S(=O)(=O)c3ccccc3)C[C@@]1(C)C2. The number of rotatable bonds is 4. The Morgan fingerprint density at radius 1 is 1.17 bits per heavy atom. The van der Waals surface area contributed by atoms with E-state index in [0.717, 1.165) is 12.0 Å². The molecule has 2 aliphatic rings. The quantitative estimate of drug-likeness (QED) is 0.844. The van der Waals surface area contributed by atoms with Crippen LogP contribution in [-0.2, 0) is 10.0 Å². The molecule has 0 spiro atoms. The van der Waals surface area contributed by atoms with Gasteiger partial charge >= 0.3 is 0 Å². The average Bonchev–Trinajstić information content (AvgIpc) is 2.93. The maximum absolute atomic E-state index is 12.9. The number of sulfonamides is 1. The summed E-state index contributed by atoms with van der Waals surface area (Å²) in [6, 6.07) is 12.8. The second-order valence-corrected chi connectivity index (χ2v) is 9.75. The molecule has 1 saturated heterocycles. The fourth-order valence-electron chi connectivity index (χ4n) is 3.99. The van der Waals surface area contributed by atoms with Crippen LogP contribution in [-0.4, -0.2) is 25.8 Å². The van der Waals surface area contributed by atoms with E-state index in [1.807, 2.05) is 17.5 Å². The monoisotopic (exact) mass is 345 g/mol. The number of benzene rings is 1. The van der Waals surface area contributed by atoms with Crippen molar-refractivity contribution < 1.29 is 8.42 Å². The Kier molecular flexibility index (Phi) is 3.15. The third-order valence-electron chi connectivity index (χ3n) is 5.47. The van der Waals surface area contributed by atoms with Gasteiger partial charge in [0, 0.05) is 23.4 Å². The molecule has 1 saturated carbocycles. The first-order chi connectivity index (χ1) is 10.9. The van der Waals surface area contributed by atoms with Gasteiger partial charge < -0.3 is 0 Å². The number of piperidine rings is 1. The van der Waals surface area contributed by atoms with E-state index in [2.05, 4.69) is 19.6 Å². The third kappa shape index (κ3) is 2.07. The summed E-state index contributed by atoms with van der Waals surface area (Å²) in [5, 5.41) is 2.05. The Hall–Kier alpha value is -1.43. The van der Waals surface area contributed by atoms with Crippen LogP contribution in [0.15, 0.2) is 59.3 Å². The molecule has 2 heterocycles. The van der Waals surface area contributed by atoms with E-state index in [1.54, 1.807) is 39.9 Å². The lowest BCUT2D eigenvalue weighted by atomic mass is 9.89. The summed E-state index contributed by atoms with van der Waals surface area (Å²) in [6.07, 6.45) is 1.03. The standard InChI is InChI=1S/C18H19NO2S2/c1-14(16-9-6-10-22-16)18-11-17(18,2)12-19(13-18)23(20,21)15-7-4-3-5-8-15/h3-10H,1,11-13H2,2H3/t17-,18+/m1/s1. The first-order valence-electron chi connectivity index (χ1n) is 7.68. The lowest BCUT2D eigenvalue weighted by Crippen LogP contribution is -2.32. The summed E-state index contributed by atoms with van der Waals surface area (Å²) in [7, 11) is -3.42. The van der Waals surface area contributed by atoms with Crippen molar-refractivity contribution in [2.45, 2.75) is 18.2 Å². The lowest BCUT2D eigenvalue weighted by Gasteiger charge is -2.21. The van der Waals surface area contributed by atoms with Crippen molar-refractivity contribution in [1.82, 2.24) is 4.31 Å². The summed E-state index contributed by atoms with van der Waals surface area (Å²) in [5.74, 6) is 0. The highest BCUT2D eigenvalue weighted by atomic mass is 32.2. The van der Waals surface area contributed by atoms with Gasteiger partial charge in [0.1, 0.15) is 0 Å². The van der Waals surface area contributed by atoms with Crippen LogP contribution in [0.2, 0.25) is 0 Å². The van der Waals surface area contributed by atoms with Crippen LogP contribution in [0.5, 0.6) is 0 Å². The molecule has 23 heavy (non-hydrogen) atoms. The largest absolute Gasteiger partial charge is 0.243 e. The molecule has 2 fully saturated rings. The minimum absolute atomic E-state index is 0.00984. The van der Waals surface area contributed by atoms with Crippen LogP contribution < -0.4 is 0 Å². The first kappa shape index (κ1) is 15.1. The Bertz CT molecular complexity index is 858. The van der Waals surface area contributed by atoms with E-state index in [4.69, 9.17) is 0 Å². The molecule has 0 unspecified atom stereocenters. The van der Waals surface area contributed by atoms with E-state index < -0.39 is 10.0 Å². The van der Waals surface area contributed by atoms with Crippen LogP contribution in [0.3, 0.4) is 0 Å². The van der Waals surface area contributed by atoms with E-state index >= 15 is 0 Å². The first-order valence-corrected chi connectivity index (χ1v) is 10.00. The minimum atomic E-state index is -3.42. The fraction of sp³-hybridized carbons (Fsp3) is 0.333. The number of hydrogen-bond acceptors (Lipinski definition) is 3. The number of hydrogen-bond donors (Lipinski definition) is 0. The smallest absolute Gasteiger partial charge is 0.207 e. The number of thiophene rings is 1. The highest BCUT2D eigenvalue weighted by molar-refractivity contribution is 7.89. The second kappa shape index (κ2) is 4.79. The van der Waals surface area contributed by atoms with Crippen LogP contribution in [0, 0.1) is 10.8 Å². The summed E-state index contributed by atoms with van der Waals surface area (Å²) in [5.41, 5.74) is 1.01. The zero-order chi connectivity index (χ0) is 16.3. The van der Waals surface area contributed by atoms with Gasteiger partial charge in [-0.1, -0.05) is 37.8 Å². The molecular weight excluding hydrogens is 326 g/mol. The van der Waals surface area contributed by atoms with Crippen LogP contribution >= 0.6 is 11.3 Å². The van der Waals surface area contributed by atoms with Gasteiger partial charge in [0.05, 0.1) is 4.90 Å². The van der Waals surface area contributed by atoms with E-state index in [0.29, 0.717) is 18.0 Å². The third-order valence-corrected chi connectivity index (χ3v) is 8.21. The molecule has 5 heteroatoms. The molecule has 1 aromatic carbocycles. The predicted molar refractivity (Wildman–Crippen MR) is 93.7 cm³/mol. The average molecular weight is 345 g/mol. The van der Waals surface area contributed by atoms with Gasteiger partial charge in [-0.15, -0.1) is 11.3 Å². The van der Waals surface area contributed by atoms with Crippen molar-refractivity contribution in [3.8, 4) is 0 Å². The van der Waals surface area contributed by atoms with Crippen molar-refractivity contribution >= 4 is 26.9 Å². The molecule has 3 nitrogen and oxygen atoms in total. The zero-order valence-electron chi connectivity index (χ0n) is 13.0. The van der Waals surface area contributed by atoms with Gasteiger partial charge in [-0.25, -0.2) is 8.42 Å².